The van der Waals surface area contributed by atoms with Gasteiger partial charge in [0.1, 0.15) is 0 Å². The van der Waals surface area contributed by atoms with Crippen LogP contribution in [0.15, 0.2) is 4.52 Å². The monoisotopic (exact) mass is 265 g/mol. The summed E-state index contributed by atoms with van der Waals surface area (Å²) in [7, 11) is 0. The van der Waals surface area contributed by atoms with Crippen LogP contribution in [-0.4, -0.2) is 16.7 Å². The molecular formula is C15H27N3O. The summed E-state index contributed by atoms with van der Waals surface area (Å²) in [5.41, 5.74) is 5.62. The van der Waals surface area contributed by atoms with Crippen molar-refractivity contribution in [3.05, 3.63) is 11.7 Å². The van der Waals surface area contributed by atoms with Crippen molar-refractivity contribution in [3.8, 4) is 0 Å². The minimum absolute atomic E-state index is 0.521. The number of aryl methyl sites for hydroxylation is 1. The third-order valence-electron chi connectivity index (χ3n) is 4.53. The molecule has 2 N–H and O–H groups in total. The molecule has 0 aromatic carbocycles. The predicted octanol–water partition coefficient (Wildman–Crippen LogP) is 3.28. The summed E-state index contributed by atoms with van der Waals surface area (Å²) in [5, 5.41) is 4.18. The first-order valence-corrected chi connectivity index (χ1v) is 7.75. The molecule has 0 radical (unpaired) electrons. The second-order valence-electron chi connectivity index (χ2n) is 6.05. The molecule has 1 aromatic heterocycles. The minimum Gasteiger partial charge on any atom is -0.339 e. The number of rotatable bonds is 6. The second kappa shape index (κ2) is 7.04. The standard InChI is InChI=1S/C15H27N3O/c1-3-12-5-7-13(8-6-12)15-17-14(19-18-15)9-4-11(2)10-16/h11-13H,3-10,16H2,1-2H3. The lowest BCUT2D eigenvalue weighted by molar-refractivity contribution is 0.302. The Bertz CT molecular complexity index is 369. The van der Waals surface area contributed by atoms with Crippen LogP contribution in [-0.2, 0) is 6.42 Å². The zero-order valence-corrected chi connectivity index (χ0v) is 12.3. The van der Waals surface area contributed by atoms with E-state index in [0.29, 0.717) is 11.8 Å². The number of hydrogen-bond donors (Lipinski definition) is 1. The highest BCUT2D eigenvalue weighted by atomic mass is 16.5. The molecule has 0 bridgehead atoms. The van der Waals surface area contributed by atoms with Crippen molar-refractivity contribution in [3.63, 3.8) is 0 Å². The van der Waals surface area contributed by atoms with Gasteiger partial charge in [-0.25, -0.2) is 0 Å². The van der Waals surface area contributed by atoms with E-state index in [1.54, 1.807) is 0 Å². The zero-order valence-electron chi connectivity index (χ0n) is 12.3. The molecular weight excluding hydrogens is 238 g/mol. The van der Waals surface area contributed by atoms with Crippen molar-refractivity contribution >= 4 is 0 Å². The van der Waals surface area contributed by atoms with E-state index in [1.807, 2.05) is 0 Å². The second-order valence-corrected chi connectivity index (χ2v) is 6.05. The van der Waals surface area contributed by atoms with Gasteiger partial charge in [0.2, 0.25) is 5.89 Å². The van der Waals surface area contributed by atoms with Gasteiger partial charge in [0.25, 0.3) is 0 Å². The first kappa shape index (κ1) is 14.5. The third-order valence-corrected chi connectivity index (χ3v) is 4.53. The van der Waals surface area contributed by atoms with Crippen molar-refractivity contribution in [2.24, 2.45) is 17.6 Å². The molecule has 1 heterocycles. The van der Waals surface area contributed by atoms with Gasteiger partial charge >= 0.3 is 0 Å². The molecule has 4 nitrogen and oxygen atoms in total. The summed E-state index contributed by atoms with van der Waals surface area (Å²) in [6, 6.07) is 0. The molecule has 2 rings (SSSR count). The van der Waals surface area contributed by atoms with Crippen LogP contribution in [0.2, 0.25) is 0 Å². The Labute approximate surface area is 116 Å². The highest BCUT2D eigenvalue weighted by Gasteiger charge is 2.25. The van der Waals surface area contributed by atoms with Crippen LogP contribution < -0.4 is 5.73 Å². The van der Waals surface area contributed by atoms with Crippen molar-refractivity contribution in [1.82, 2.24) is 10.1 Å². The zero-order chi connectivity index (χ0) is 13.7. The van der Waals surface area contributed by atoms with Crippen molar-refractivity contribution < 1.29 is 4.52 Å². The van der Waals surface area contributed by atoms with Gasteiger partial charge in [-0.3, -0.25) is 0 Å². The topological polar surface area (TPSA) is 64.9 Å². The van der Waals surface area contributed by atoms with E-state index in [0.717, 1.165) is 37.0 Å². The largest absolute Gasteiger partial charge is 0.339 e. The Kier molecular flexibility index (Phi) is 5.37. The molecule has 0 amide bonds. The SMILES string of the molecule is CCC1CCC(c2noc(CCC(C)CN)n2)CC1. The predicted molar refractivity (Wildman–Crippen MR) is 75.8 cm³/mol. The maximum absolute atomic E-state index is 5.62. The lowest BCUT2D eigenvalue weighted by atomic mass is 9.80. The van der Waals surface area contributed by atoms with Gasteiger partial charge in [-0.15, -0.1) is 0 Å². The maximum atomic E-state index is 5.62. The lowest BCUT2D eigenvalue weighted by Gasteiger charge is -2.25. The van der Waals surface area contributed by atoms with Crippen LogP contribution in [0.4, 0.5) is 0 Å². The summed E-state index contributed by atoms with van der Waals surface area (Å²) in [6.07, 6.45) is 8.26. The smallest absolute Gasteiger partial charge is 0.226 e. The molecule has 1 aliphatic rings. The van der Waals surface area contributed by atoms with Crippen LogP contribution in [0.5, 0.6) is 0 Å². The molecule has 1 saturated carbocycles. The molecule has 108 valence electrons. The lowest BCUT2D eigenvalue weighted by Crippen LogP contribution is -2.13. The van der Waals surface area contributed by atoms with Gasteiger partial charge in [-0.05, 0) is 50.5 Å². The molecule has 1 fully saturated rings. The Morgan fingerprint density at radius 3 is 2.68 bits per heavy atom. The van der Waals surface area contributed by atoms with Gasteiger partial charge in [-0.2, -0.15) is 4.98 Å². The normalized spacial score (nSPS) is 25.4. The summed E-state index contributed by atoms with van der Waals surface area (Å²) in [5.74, 6) is 3.67. The first-order chi connectivity index (χ1) is 9.22. The molecule has 1 atom stereocenters. The third kappa shape index (κ3) is 4.03. The average Bonchev–Trinajstić information content (AvgIpc) is 2.93. The van der Waals surface area contributed by atoms with Gasteiger partial charge in [0, 0.05) is 12.3 Å². The molecule has 1 aromatic rings. The molecule has 1 unspecified atom stereocenters. The molecule has 19 heavy (non-hydrogen) atoms. The fourth-order valence-corrected chi connectivity index (χ4v) is 2.85. The Morgan fingerprint density at radius 2 is 2.05 bits per heavy atom. The molecule has 0 aliphatic heterocycles. The average molecular weight is 265 g/mol. The van der Waals surface area contributed by atoms with E-state index in [2.05, 4.69) is 24.0 Å². The summed E-state index contributed by atoms with van der Waals surface area (Å²) in [6.45, 7) is 5.17. The van der Waals surface area contributed by atoms with E-state index in [4.69, 9.17) is 10.3 Å². The van der Waals surface area contributed by atoms with Gasteiger partial charge < -0.3 is 10.3 Å². The molecule has 0 saturated heterocycles. The van der Waals surface area contributed by atoms with Crippen LogP contribution >= 0.6 is 0 Å². The highest BCUT2D eigenvalue weighted by Crippen LogP contribution is 2.35. The van der Waals surface area contributed by atoms with E-state index in [9.17, 15) is 0 Å². The quantitative estimate of drug-likeness (QED) is 0.857. The molecule has 4 heteroatoms. The number of aromatic nitrogens is 2. The summed E-state index contributed by atoms with van der Waals surface area (Å²) in [4.78, 5) is 4.57. The number of nitrogens with two attached hydrogens (primary N) is 1. The summed E-state index contributed by atoms with van der Waals surface area (Å²) < 4.78 is 5.36. The fourth-order valence-electron chi connectivity index (χ4n) is 2.85. The first-order valence-electron chi connectivity index (χ1n) is 7.75. The minimum atomic E-state index is 0.521. The van der Waals surface area contributed by atoms with Gasteiger partial charge in [0.15, 0.2) is 5.82 Å². The highest BCUT2D eigenvalue weighted by molar-refractivity contribution is 4.97. The Morgan fingerprint density at radius 1 is 1.32 bits per heavy atom. The number of hydrogen-bond acceptors (Lipinski definition) is 4. The van der Waals surface area contributed by atoms with Crippen molar-refractivity contribution in [2.75, 3.05) is 6.54 Å². The fraction of sp³-hybridized carbons (Fsp3) is 0.867. The summed E-state index contributed by atoms with van der Waals surface area (Å²) >= 11 is 0. The Hall–Kier alpha value is -0.900. The van der Waals surface area contributed by atoms with E-state index < -0.39 is 0 Å². The maximum Gasteiger partial charge on any atom is 0.226 e. The van der Waals surface area contributed by atoms with Crippen LogP contribution in [0, 0.1) is 11.8 Å². The van der Waals surface area contributed by atoms with Crippen LogP contribution in [0.3, 0.4) is 0 Å². The van der Waals surface area contributed by atoms with Gasteiger partial charge in [-0.1, -0.05) is 25.4 Å². The van der Waals surface area contributed by atoms with E-state index >= 15 is 0 Å². The van der Waals surface area contributed by atoms with Crippen LogP contribution in [0.25, 0.3) is 0 Å². The molecule has 1 aliphatic carbocycles. The van der Waals surface area contributed by atoms with Gasteiger partial charge in [0.05, 0.1) is 0 Å². The van der Waals surface area contributed by atoms with Crippen molar-refractivity contribution in [2.45, 2.75) is 64.7 Å². The van der Waals surface area contributed by atoms with E-state index in [1.165, 1.54) is 32.1 Å². The Balaban J connectivity index is 1.83. The van der Waals surface area contributed by atoms with Crippen LogP contribution in [0.1, 0.15) is 70.0 Å². The van der Waals surface area contributed by atoms with E-state index in [-0.39, 0.29) is 0 Å². The molecule has 0 spiro atoms. The van der Waals surface area contributed by atoms with Crippen molar-refractivity contribution in [1.29, 1.82) is 0 Å². The number of nitrogens with zero attached hydrogens (tertiary/aromatic N) is 2.